The fraction of sp³-hybridized carbons (Fsp3) is 1.00. The van der Waals surface area contributed by atoms with Crippen molar-refractivity contribution in [2.45, 2.75) is 6.92 Å². The second-order valence-corrected chi connectivity index (χ2v) is 3.38. The van der Waals surface area contributed by atoms with Crippen molar-refractivity contribution < 1.29 is 14.7 Å². The van der Waals surface area contributed by atoms with Crippen LogP contribution < -0.4 is 6.15 Å². The van der Waals surface area contributed by atoms with E-state index in [0.717, 1.165) is 0 Å². The van der Waals surface area contributed by atoms with Gasteiger partial charge in [0, 0.05) is 0 Å². The van der Waals surface area contributed by atoms with Gasteiger partial charge in [-0.2, -0.15) is 0 Å². The first-order valence-electron chi connectivity index (χ1n) is 1.73. The summed E-state index contributed by atoms with van der Waals surface area (Å²) in [5.74, 6) is 0. The molecule has 0 radical (unpaired) electrons. The van der Waals surface area contributed by atoms with Crippen LogP contribution in [0.5, 0.6) is 0 Å². The van der Waals surface area contributed by atoms with Crippen molar-refractivity contribution in [3.05, 3.63) is 0 Å². The van der Waals surface area contributed by atoms with Crippen LogP contribution in [-0.4, -0.2) is 20.8 Å². The molecule has 48 valence electrons. The third-order valence-corrected chi connectivity index (χ3v) is 1.42. The molecule has 5 heteroatoms. The second-order valence-electron chi connectivity index (χ2n) is 1.13. The SMILES string of the molecule is CC[PH](O)(O)O.N. The summed E-state index contributed by atoms with van der Waals surface area (Å²) in [7, 11) is -3.63. The van der Waals surface area contributed by atoms with Gasteiger partial charge in [0.25, 0.3) is 0 Å². The molecule has 7 heavy (non-hydrogen) atoms. The Morgan fingerprint density at radius 2 is 1.43 bits per heavy atom. The van der Waals surface area contributed by atoms with Crippen LogP contribution >= 0.6 is 7.94 Å². The van der Waals surface area contributed by atoms with Gasteiger partial charge < -0.3 is 6.15 Å². The predicted octanol–water partition coefficient (Wildman–Crippen LogP) is -0.360. The Labute approximate surface area is 43.0 Å². The normalized spacial score (nSPS) is 12.6. The standard InChI is InChI=1S/C2H9O3P.H3N/c1-2-6(3,4)5;/h3-6H,2H2,1H3;1H3. The average molecular weight is 129 g/mol. The van der Waals surface area contributed by atoms with E-state index >= 15 is 0 Å². The molecule has 0 spiro atoms. The van der Waals surface area contributed by atoms with Crippen LogP contribution in [0.4, 0.5) is 0 Å². The maximum Gasteiger partial charge on any atom is -0.344 e. The van der Waals surface area contributed by atoms with Gasteiger partial charge in [0.1, 0.15) is 0 Å². The number of hydrogen-bond donors (Lipinski definition) is 4. The molecule has 0 heterocycles. The molecule has 0 aromatic heterocycles. The molecule has 0 unspecified atom stereocenters. The van der Waals surface area contributed by atoms with Crippen LogP contribution in [0.25, 0.3) is 0 Å². The molecule has 0 saturated carbocycles. The zero-order valence-corrected chi connectivity index (χ0v) is 5.26. The Morgan fingerprint density at radius 1 is 1.29 bits per heavy atom. The fourth-order valence-corrected chi connectivity index (χ4v) is 0. The third-order valence-electron chi connectivity index (χ3n) is 0.474. The van der Waals surface area contributed by atoms with Gasteiger partial charge in [-0.25, -0.2) is 0 Å². The van der Waals surface area contributed by atoms with E-state index in [0.29, 0.717) is 0 Å². The topological polar surface area (TPSA) is 95.7 Å². The molecule has 6 N–H and O–H groups in total. The van der Waals surface area contributed by atoms with Crippen LogP contribution in [0.2, 0.25) is 0 Å². The summed E-state index contributed by atoms with van der Waals surface area (Å²) in [6.45, 7) is 1.52. The van der Waals surface area contributed by atoms with Crippen molar-refractivity contribution in [3.63, 3.8) is 0 Å². The van der Waals surface area contributed by atoms with Crippen molar-refractivity contribution in [2.24, 2.45) is 0 Å². The minimum Gasteiger partial charge on any atom is -0.344 e. The Hall–Kier alpha value is 0.270. The van der Waals surface area contributed by atoms with Crippen LogP contribution in [0.1, 0.15) is 6.92 Å². The molecule has 0 amide bonds. The molecule has 0 aliphatic rings. The van der Waals surface area contributed by atoms with Gasteiger partial charge in [0.05, 0.1) is 0 Å². The van der Waals surface area contributed by atoms with Crippen LogP contribution in [-0.2, 0) is 0 Å². The minimum absolute atomic E-state index is 0. The summed E-state index contributed by atoms with van der Waals surface area (Å²) in [5.41, 5.74) is 0. The Bertz CT molecular complexity index is 42.7. The molecular formula is C2H12NO3P. The summed E-state index contributed by atoms with van der Waals surface area (Å²) >= 11 is 0. The molecule has 0 aliphatic heterocycles. The predicted molar refractivity (Wildman–Crippen MR) is 30.5 cm³/mol. The molecule has 0 fully saturated rings. The van der Waals surface area contributed by atoms with Crippen LogP contribution in [0.3, 0.4) is 0 Å². The van der Waals surface area contributed by atoms with Crippen molar-refractivity contribution in [1.82, 2.24) is 6.15 Å². The number of rotatable bonds is 1. The van der Waals surface area contributed by atoms with Gasteiger partial charge >= 0.3 is 35.7 Å². The molecule has 0 rings (SSSR count). The largest absolute Gasteiger partial charge is 0.344 e. The summed E-state index contributed by atoms with van der Waals surface area (Å²) in [6, 6.07) is 0. The molecule has 0 atom stereocenters. The average Bonchev–Trinajstić information content (AvgIpc) is 1.35. The van der Waals surface area contributed by atoms with Gasteiger partial charge in [-0.15, -0.1) is 0 Å². The fourth-order valence-electron chi connectivity index (χ4n) is 0. The zero-order valence-electron chi connectivity index (χ0n) is 4.26. The quantitative estimate of drug-likeness (QED) is 0.363. The van der Waals surface area contributed by atoms with Gasteiger partial charge in [0.15, 0.2) is 0 Å². The number of hydrogen-bond acceptors (Lipinski definition) is 4. The minimum atomic E-state index is -3.63. The zero-order chi connectivity index (χ0) is 5.21. The van der Waals surface area contributed by atoms with E-state index in [1.165, 1.54) is 6.92 Å². The maximum atomic E-state index is 8.08. The van der Waals surface area contributed by atoms with E-state index in [-0.39, 0.29) is 12.3 Å². The Balaban J connectivity index is 0. The summed E-state index contributed by atoms with van der Waals surface area (Å²) < 4.78 is 0. The molecule has 4 nitrogen and oxygen atoms in total. The van der Waals surface area contributed by atoms with E-state index < -0.39 is 7.94 Å². The summed E-state index contributed by atoms with van der Waals surface area (Å²) in [5, 5.41) is 0. The third kappa shape index (κ3) is 10.7. The van der Waals surface area contributed by atoms with Crippen molar-refractivity contribution in [3.8, 4) is 0 Å². The maximum absolute atomic E-state index is 8.08. The van der Waals surface area contributed by atoms with Crippen LogP contribution in [0.15, 0.2) is 0 Å². The van der Waals surface area contributed by atoms with Gasteiger partial charge in [-0.3, -0.25) is 0 Å². The van der Waals surface area contributed by atoms with Crippen molar-refractivity contribution in [2.75, 3.05) is 6.16 Å². The van der Waals surface area contributed by atoms with Gasteiger partial charge in [-0.1, -0.05) is 0 Å². The monoisotopic (exact) mass is 129 g/mol. The first-order chi connectivity index (χ1) is 2.56. The molecule has 0 aliphatic carbocycles. The molecular weight excluding hydrogens is 117 g/mol. The van der Waals surface area contributed by atoms with E-state index in [4.69, 9.17) is 14.7 Å². The Kier molecular flexibility index (Phi) is 4.84. The smallest absolute Gasteiger partial charge is 0.344 e. The van der Waals surface area contributed by atoms with Crippen molar-refractivity contribution >= 4 is 7.94 Å². The first-order valence-corrected chi connectivity index (χ1v) is 3.78. The van der Waals surface area contributed by atoms with Gasteiger partial charge in [-0.05, 0) is 0 Å². The summed E-state index contributed by atoms with van der Waals surface area (Å²) in [4.78, 5) is 24.2. The van der Waals surface area contributed by atoms with E-state index in [9.17, 15) is 0 Å². The van der Waals surface area contributed by atoms with E-state index in [2.05, 4.69) is 0 Å². The van der Waals surface area contributed by atoms with E-state index in [1.807, 2.05) is 0 Å². The first kappa shape index (κ1) is 10.3. The van der Waals surface area contributed by atoms with E-state index in [1.54, 1.807) is 0 Å². The van der Waals surface area contributed by atoms with Crippen LogP contribution in [0, 0.1) is 0 Å². The van der Waals surface area contributed by atoms with Crippen molar-refractivity contribution in [1.29, 1.82) is 0 Å². The summed E-state index contributed by atoms with van der Waals surface area (Å²) in [6.07, 6.45) is 0.0764. The molecule has 0 saturated heterocycles. The molecule has 0 aromatic carbocycles. The molecule has 0 bridgehead atoms. The van der Waals surface area contributed by atoms with Gasteiger partial charge in [0.2, 0.25) is 0 Å². The second kappa shape index (κ2) is 3.29. The molecule has 0 aromatic rings. The Morgan fingerprint density at radius 3 is 1.43 bits per heavy atom.